The number of carbonyl (C=O) groups is 1. The minimum Gasteiger partial charge on any atom is -0.295 e. The Bertz CT molecular complexity index is 540. The lowest BCUT2D eigenvalue weighted by Gasteiger charge is -2.08. The number of Topliss-reactive ketones (excluding diaryl/α,β-unsaturated/α-hetero) is 1. The molecule has 17 heavy (non-hydrogen) atoms. The number of rotatable bonds is 4. The Balaban J connectivity index is 2.56. The molecular formula is C16H18O. The smallest absolute Gasteiger partial charge is 0.159 e. The van der Waals surface area contributed by atoms with E-state index in [1.54, 1.807) is 6.92 Å². The molecule has 0 heterocycles. The molecule has 0 aliphatic heterocycles. The van der Waals surface area contributed by atoms with E-state index in [4.69, 9.17) is 0 Å². The van der Waals surface area contributed by atoms with Crippen molar-refractivity contribution in [2.45, 2.75) is 33.1 Å². The van der Waals surface area contributed by atoms with Crippen molar-refractivity contribution in [2.24, 2.45) is 0 Å². The maximum atomic E-state index is 11.5. The van der Waals surface area contributed by atoms with E-state index in [1.165, 1.54) is 29.2 Å². The summed E-state index contributed by atoms with van der Waals surface area (Å²) < 4.78 is 0. The Morgan fingerprint density at radius 3 is 2.65 bits per heavy atom. The summed E-state index contributed by atoms with van der Waals surface area (Å²) in [4.78, 5) is 11.5. The number of fused-ring (bicyclic) bond motifs is 1. The first-order valence-electron chi connectivity index (χ1n) is 6.25. The van der Waals surface area contributed by atoms with Crippen molar-refractivity contribution in [2.75, 3.05) is 0 Å². The molecule has 1 nitrogen and oxygen atoms in total. The second-order valence-electron chi connectivity index (χ2n) is 4.52. The fraction of sp³-hybridized carbons (Fsp3) is 0.312. The SMILES string of the molecule is CCCCc1cc(C(C)=O)cc2ccccc12. The molecule has 0 aliphatic carbocycles. The second-order valence-corrected chi connectivity index (χ2v) is 4.52. The van der Waals surface area contributed by atoms with Gasteiger partial charge in [0.05, 0.1) is 0 Å². The molecule has 0 bridgehead atoms. The van der Waals surface area contributed by atoms with Gasteiger partial charge >= 0.3 is 0 Å². The molecule has 0 saturated carbocycles. The zero-order valence-electron chi connectivity index (χ0n) is 10.5. The summed E-state index contributed by atoms with van der Waals surface area (Å²) in [6.07, 6.45) is 3.40. The van der Waals surface area contributed by atoms with E-state index < -0.39 is 0 Å². The Morgan fingerprint density at radius 1 is 1.18 bits per heavy atom. The van der Waals surface area contributed by atoms with Crippen molar-refractivity contribution >= 4 is 16.6 Å². The standard InChI is InChI=1S/C16H18O/c1-3-4-7-13-10-15(12(2)17)11-14-8-5-6-9-16(13)14/h5-6,8-11H,3-4,7H2,1-2H3. The minimum absolute atomic E-state index is 0.147. The molecule has 0 saturated heterocycles. The maximum Gasteiger partial charge on any atom is 0.159 e. The number of hydrogen-bond donors (Lipinski definition) is 0. The molecule has 2 aromatic rings. The van der Waals surface area contributed by atoms with Crippen LogP contribution in [0.25, 0.3) is 10.8 Å². The van der Waals surface area contributed by atoms with Crippen LogP contribution in [-0.4, -0.2) is 5.78 Å². The largest absolute Gasteiger partial charge is 0.295 e. The molecule has 2 aromatic carbocycles. The van der Waals surface area contributed by atoms with Crippen LogP contribution in [0.15, 0.2) is 36.4 Å². The van der Waals surface area contributed by atoms with Gasteiger partial charge in [0.15, 0.2) is 5.78 Å². The van der Waals surface area contributed by atoms with E-state index in [1.807, 2.05) is 12.1 Å². The highest BCUT2D eigenvalue weighted by Gasteiger charge is 2.06. The summed E-state index contributed by atoms with van der Waals surface area (Å²) in [5.74, 6) is 0.147. The predicted octanol–water partition coefficient (Wildman–Crippen LogP) is 4.39. The zero-order valence-corrected chi connectivity index (χ0v) is 10.5. The third-order valence-corrected chi connectivity index (χ3v) is 3.15. The third kappa shape index (κ3) is 2.55. The summed E-state index contributed by atoms with van der Waals surface area (Å²) in [5.41, 5.74) is 2.13. The monoisotopic (exact) mass is 226 g/mol. The first-order chi connectivity index (χ1) is 8.22. The van der Waals surface area contributed by atoms with E-state index in [0.29, 0.717) is 0 Å². The van der Waals surface area contributed by atoms with E-state index in [2.05, 4.69) is 31.2 Å². The Morgan fingerprint density at radius 2 is 1.94 bits per heavy atom. The second kappa shape index (κ2) is 5.13. The summed E-state index contributed by atoms with van der Waals surface area (Å²) >= 11 is 0. The van der Waals surface area contributed by atoms with Crippen molar-refractivity contribution in [3.63, 3.8) is 0 Å². The van der Waals surface area contributed by atoms with Crippen molar-refractivity contribution in [3.8, 4) is 0 Å². The fourth-order valence-electron chi connectivity index (χ4n) is 2.17. The van der Waals surface area contributed by atoms with Crippen LogP contribution >= 0.6 is 0 Å². The number of carbonyl (C=O) groups excluding carboxylic acids is 1. The molecule has 0 atom stereocenters. The average molecular weight is 226 g/mol. The maximum absolute atomic E-state index is 11.5. The lowest BCUT2D eigenvalue weighted by atomic mass is 9.96. The minimum atomic E-state index is 0.147. The first-order valence-corrected chi connectivity index (χ1v) is 6.25. The molecule has 2 rings (SSSR count). The van der Waals surface area contributed by atoms with Gasteiger partial charge in [0.2, 0.25) is 0 Å². The lowest BCUT2D eigenvalue weighted by Crippen LogP contribution is -1.96. The van der Waals surface area contributed by atoms with Crippen LogP contribution in [0.2, 0.25) is 0 Å². The van der Waals surface area contributed by atoms with Crippen LogP contribution in [0.3, 0.4) is 0 Å². The fourth-order valence-corrected chi connectivity index (χ4v) is 2.17. The highest BCUT2D eigenvalue weighted by Crippen LogP contribution is 2.23. The Hall–Kier alpha value is -1.63. The van der Waals surface area contributed by atoms with Gasteiger partial charge in [-0.1, -0.05) is 37.6 Å². The van der Waals surface area contributed by atoms with E-state index in [9.17, 15) is 4.79 Å². The van der Waals surface area contributed by atoms with E-state index >= 15 is 0 Å². The summed E-state index contributed by atoms with van der Waals surface area (Å²) in [6.45, 7) is 3.82. The van der Waals surface area contributed by atoms with Gasteiger partial charge in [0, 0.05) is 5.56 Å². The van der Waals surface area contributed by atoms with Crippen LogP contribution in [-0.2, 0) is 6.42 Å². The third-order valence-electron chi connectivity index (χ3n) is 3.15. The number of aryl methyl sites for hydroxylation is 1. The predicted molar refractivity (Wildman–Crippen MR) is 72.6 cm³/mol. The van der Waals surface area contributed by atoms with Gasteiger partial charge in [-0.2, -0.15) is 0 Å². The number of hydrogen-bond acceptors (Lipinski definition) is 1. The zero-order chi connectivity index (χ0) is 12.3. The van der Waals surface area contributed by atoms with Crippen molar-refractivity contribution in [1.82, 2.24) is 0 Å². The normalized spacial score (nSPS) is 10.7. The van der Waals surface area contributed by atoms with Crippen LogP contribution in [0, 0.1) is 0 Å². The molecule has 0 radical (unpaired) electrons. The molecule has 0 fully saturated rings. The Kier molecular flexibility index (Phi) is 3.58. The van der Waals surface area contributed by atoms with Crippen LogP contribution in [0.4, 0.5) is 0 Å². The quantitative estimate of drug-likeness (QED) is 0.707. The first kappa shape index (κ1) is 11.8. The molecule has 0 amide bonds. The van der Waals surface area contributed by atoms with Crippen molar-refractivity contribution in [3.05, 3.63) is 47.5 Å². The van der Waals surface area contributed by atoms with Gasteiger partial charge in [-0.05, 0) is 48.2 Å². The summed E-state index contributed by atoms with van der Waals surface area (Å²) in [7, 11) is 0. The topological polar surface area (TPSA) is 17.1 Å². The van der Waals surface area contributed by atoms with Gasteiger partial charge < -0.3 is 0 Å². The molecule has 88 valence electrons. The van der Waals surface area contributed by atoms with Gasteiger partial charge in [-0.3, -0.25) is 4.79 Å². The summed E-state index contributed by atoms with van der Waals surface area (Å²) in [5, 5.41) is 2.46. The van der Waals surface area contributed by atoms with Gasteiger partial charge in [0.25, 0.3) is 0 Å². The molecule has 0 unspecified atom stereocenters. The number of unbranched alkanes of at least 4 members (excludes halogenated alkanes) is 1. The average Bonchev–Trinajstić information content (AvgIpc) is 2.35. The van der Waals surface area contributed by atoms with Crippen LogP contribution in [0.1, 0.15) is 42.6 Å². The highest BCUT2D eigenvalue weighted by atomic mass is 16.1. The number of benzene rings is 2. The van der Waals surface area contributed by atoms with Gasteiger partial charge in [0.1, 0.15) is 0 Å². The van der Waals surface area contributed by atoms with Crippen LogP contribution in [0.5, 0.6) is 0 Å². The molecule has 0 N–H and O–H groups in total. The molecular weight excluding hydrogens is 208 g/mol. The van der Waals surface area contributed by atoms with Crippen molar-refractivity contribution < 1.29 is 4.79 Å². The van der Waals surface area contributed by atoms with Gasteiger partial charge in [-0.25, -0.2) is 0 Å². The van der Waals surface area contributed by atoms with Gasteiger partial charge in [-0.15, -0.1) is 0 Å². The summed E-state index contributed by atoms with van der Waals surface area (Å²) in [6, 6.07) is 12.4. The Labute approximate surface area is 102 Å². The van der Waals surface area contributed by atoms with E-state index in [-0.39, 0.29) is 5.78 Å². The molecule has 0 spiro atoms. The highest BCUT2D eigenvalue weighted by molar-refractivity contribution is 5.99. The van der Waals surface area contributed by atoms with Crippen LogP contribution < -0.4 is 0 Å². The lowest BCUT2D eigenvalue weighted by molar-refractivity contribution is 0.101. The van der Waals surface area contributed by atoms with Crippen molar-refractivity contribution in [1.29, 1.82) is 0 Å². The van der Waals surface area contributed by atoms with E-state index in [0.717, 1.165) is 12.0 Å². The number of ketones is 1. The molecule has 0 aliphatic rings. The molecule has 0 aromatic heterocycles. The molecule has 1 heteroatoms.